The van der Waals surface area contributed by atoms with Crippen LogP contribution in [0.4, 0.5) is 0 Å². The number of hydrogen-bond donors (Lipinski definition) is 0. The summed E-state index contributed by atoms with van der Waals surface area (Å²) < 4.78 is 0. The predicted molar refractivity (Wildman–Crippen MR) is 288 cm³/mol. The van der Waals surface area contributed by atoms with E-state index in [4.69, 9.17) is 39.9 Å². The van der Waals surface area contributed by atoms with Crippen LogP contribution in [0.3, 0.4) is 0 Å². The third kappa shape index (κ3) is 11.9. The maximum Gasteiger partial charge on any atom is 0.130 e. The Kier molecular flexibility index (Phi) is 17.3. The molecule has 4 aliphatic rings. The number of Topliss-reactive ketones (excluding diaryl/α,β-unsaturated/α-hetero) is 4. The van der Waals surface area contributed by atoms with Crippen molar-refractivity contribution < 1.29 is 58.1 Å². The Morgan fingerprint density at radius 1 is 0.351 bits per heavy atom. The quantitative estimate of drug-likeness (QED) is 0.0837. The van der Waals surface area contributed by atoms with Crippen molar-refractivity contribution in [1.82, 2.24) is 39.9 Å². The summed E-state index contributed by atoms with van der Waals surface area (Å²) in [5.74, 6) is 0.497. The van der Waals surface area contributed by atoms with Crippen LogP contribution in [0.2, 0.25) is 0 Å². The number of rotatable bonds is 12. The fraction of sp³-hybridized carbons (Fsp3) is 0.233. The average molecular weight is 1080 g/mol. The Hall–Kier alpha value is -7.13. The number of fused-ring (bicyclic) bond motifs is 16. The Morgan fingerprint density at radius 3 is 0.851 bits per heavy atom. The maximum absolute atomic E-state index is 11.8. The molecule has 0 aromatic carbocycles. The molecule has 10 heterocycles. The molecule has 0 saturated carbocycles. The number of nitrogens with zero attached hydrogens (tertiary/aromatic N) is 8. The molecule has 0 aliphatic carbocycles. The van der Waals surface area contributed by atoms with Gasteiger partial charge in [0.1, 0.15) is 23.1 Å². The van der Waals surface area contributed by atoms with Crippen LogP contribution in [0, 0.1) is 27.7 Å². The van der Waals surface area contributed by atoms with E-state index in [1.165, 1.54) is 0 Å². The molecule has 0 atom stereocenters. The summed E-state index contributed by atoms with van der Waals surface area (Å²) in [6.07, 6.45) is 19.6. The average Bonchev–Trinajstić information content (AvgIpc) is 4.21. The molecular weight excluding hydrogens is 1030 g/mol. The predicted octanol–water partition coefficient (Wildman–Crippen LogP) is 10.9. The minimum atomic E-state index is 0. The van der Waals surface area contributed by atoms with E-state index in [9.17, 15) is 19.2 Å². The molecule has 6 aromatic rings. The van der Waals surface area contributed by atoms with Gasteiger partial charge in [0.25, 0.3) is 0 Å². The van der Waals surface area contributed by atoms with E-state index in [1.807, 2.05) is 111 Å². The number of hydrogen-bond acceptors (Lipinski definition) is 8. The molecule has 16 bridgehead atoms. The Balaban J connectivity index is 0.000000211. The van der Waals surface area contributed by atoms with Crippen molar-refractivity contribution in [1.29, 1.82) is 0 Å². The zero-order valence-electron chi connectivity index (χ0n) is 42.9. The molecule has 0 fully saturated rings. The van der Waals surface area contributed by atoms with E-state index >= 15 is 0 Å². The van der Waals surface area contributed by atoms with Gasteiger partial charge in [0, 0.05) is 76.0 Å². The van der Waals surface area contributed by atoms with Gasteiger partial charge >= 0.3 is 0 Å². The monoisotopic (exact) mass is 1080 g/mol. The van der Waals surface area contributed by atoms with E-state index in [0.717, 1.165) is 123 Å². The number of ketones is 4. The van der Waals surface area contributed by atoms with Crippen LogP contribution in [0.25, 0.3) is 92.7 Å². The molecular formula is C60H54N8O4Zn2-6. The van der Waals surface area contributed by atoms with Crippen LogP contribution in [-0.4, -0.2) is 43.1 Å². The summed E-state index contributed by atoms with van der Waals surface area (Å²) in [5, 5.41) is 0. The second kappa shape index (κ2) is 23.4. The Labute approximate surface area is 456 Å². The van der Waals surface area contributed by atoms with Gasteiger partial charge in [0.2, 0.25) is 0 Å². The summed E-state index contributed by atoms with van der Waals surface area (Å²) in [6.45, 7) is 18.9. The zero-order chi connectivity index (χ0) is 50.8. The van der Waals surface area contributed by atoms with Crippen LogP contribution >= 0.6 is 0 Å². The summed E-state index contributed by atoms with van der Waals surface area (Å²) >= 11 is 0. The van der Waals surface area contributed by atoms with Crippen LogP contribution < -0.4 is 19.9 Å². The smallest absolute Gasteiger partial charge is 0.130 e. The molecule has 10 rings (SSSR count). The van der Waals surface area contributed by atoms with Crippen molar-refractivity contribution in [2.45, 2.75) is 92.9 Å². The molecule has 12 nitrogen and oxygen atoms in total. The first-order chi connectivity index (χ1) is 34.6. The van der Waals surface area contributed by atoms with Crippen molar-refractivity contribution in [2.24, 2.45) is 0 Å². The molecule has 0 unspecified atom stereocenters. The summed E-state index contributed by atoms with van der Waals surface area (Å²) in [4.78, 5) is 86.2. The fourth-order valence-electron chi connectivity index (χ4n) is 9.03. The number of aromatic nitrogens is 8. The minimum absolute atomic E-state index is 0. The maximum atomic E-state index is 11.8. The Bertz CT molecular complexity index is 3240. The molecule has 74 heavy (non-hydrogen) atoms. The molecule has 0 saturated heterocycles. The first kappa shape index (κ1) is 54.6. The van der Waals surface area contributed by atoms with Gasteiger partial charge in [-0.25, -0.2) is 21.0 Å². The van der Waals surface area contributed by atoms with Gasteiger partial charge in [-0.15, -0.1) is 45.2 Å². The molecule has 4 aliphatic heterocycles. The standard InChI is InChI=1S/2C30H27N4O2.2Zn/c2*1-17(35)5-7-21-27-13-9-23(31-27)19(3)25-11-15-29(33-25)22(8-6-18(2)36)30-16-12-26(34-30)20(4)24-10-14-28(21)32-24;;/h2*9-16H,3,5-8H2,1-2,4H3;;/q2*-3;;. The topological polar surface area (TPSA) is 176 Å². The summed E-state index contributed by atoms with van der Waals surface area (Å²) in [5.41, 5.74) is 19.7. The SMILES string of the molecule is [CH2-]c1c2nc(c(CCC(C)=O)c3ccc([n-]3)c(C)c3nc(c(CCC(C)=O)c4ccc1[n-]4)C=C3)C=C2.[CH2-]c1c2nc(c(CCC(C)=O)c3ccc([n-]3)c(C)c3nc(c(CCC(C)=O)c4ccc1[n-]4)C=C3)C=C2.[Zn].[Zn]. The fourth-order valence-corrected chi connectivity index (χ4v) is 9.03. The normalized spacial score (nSPS) is 12.0. The summed E-state index contributed by atoms with van der Waals surface area (Å²) in [7, 11) is 0. The van der Waals surface area contributed by atoms with Gasteiger partial charge < -0.3 is 49.1 Å². The molecule has 0 radical (unpaired) electrons. The van der Waals surface area contributed by atoms with Gasteiger partial charge in [0.15, 0.2) is 0 Å². The molecule has 0 amide bonds. The van der Waals surface area contributed by atoms with E-state index < -0.39 is 0 Å². The van der Waals surface area contributed by atoms with E-state index in [0.29, 0.717) is 62.5 Å². The molecule has 14 heteroatoms. The molecule has 6 aromatic heterocycles. The second-order valence-corrected chi connectivity index (χ2v) is 18.7. The van der Waals surface area contributed by atoms with Gasteiger partial charge in [-0.05, 0) is 148 Å². The van der Waals surface area contributed by atoms with Crippen molar-refractivity contribution in [3.8, 4) is 0 Å². The van der Waals surface area contributed by atoms with E-state index in [1.54, 1.807) is 27.7 Å². The number of carbonyl (C=O) groups excluding carboxylic acids is 4. The first-order valence-corrected chi connectivity index (χ1v) is 24.2. The van der Waals surface area contributed by atoms with Gasteiger partial charge in [-0.1, -0.05) is 48.6 Å². The van der Waals surface area contributed by atoms with Gasteiger partial charge in [0.05, 0.1) is 22.8 Å². The van der Waals surface area contributed by atoms with Crippen molar-refractivity contribution in [3.63, 3.8) is 0 Å². The van der Waals surface area contributed by atoms with Crippen molar-refractivity contribution in [3.05, 3.63) is 152 Å². The summed E-state index contributed by atoms with van der Waals surface area (Å²) in [6, 6.07) is 15.7. The first-order valence-electron chi connectivity index (χ1n) is 24.2. The van der Waals surface area contributed by atoms with E-state index in [-0.39, 0.29) is 62.1 Å². The van der Waals surface area contributed by atoms with Crippen LogP contribution in [-0.2, 0) is 83.8 Å². The zero-order valence-corrected chi connectivity index (χ0v) is 48.9. The van der Waals surface area contributed by atoms with Crippen LogP contribution in [0.15, 0.2) is 48.5 Å². The number of carbonyl (C=O) groups is 4. The third-order valence-corrected chi connectivity index (χ3v) is 13.3. The van der Waals surface area contributed by atoms with Crippen molar-refractivity contribution in [2.75, 3.05) is 0 Å². The molecule has 368 valence electrons. The molecule has 0 N–H and O–H groups in total. The second-order valence-electron chi connectivity index (χ2n) is 18.7. The Morgan fingerprint density at radius 2 is 0.568 bits per heavy atom. The third-order valence-electron chi connectivity index (χ3n) is 13.3. The molecule has 0 spiro atoms. The van der Waals surface area contributed by atoms with Crippen LogP contribution in [0.1, 0.15) is 143 Å². The van der Waals surface area contributed by atoms with E-state index in [2.05, 4.69) is 13.8 Å². The minimum Gasteiger partial charge on any atom is -0.715 e. The largest absolute Gasteiger partial charge is 0.715 e. The van der Waals surface area contributed by atoms with Crippen LogP contribution in [0.5, 0.6) is 0 Å². The van der Waals surface area contributed by atoms with Gasteiger partial charge in [-0.2, -0.15) is 25.0 Å². The van der Waals surface area contributed by atoms with Crippen molar-refractivity contribution >= 4 is 116 Å². The van der Waals surface area contributed by atoms with Gasteiger partial charge in [-0.3, -0.25) is 0 Å². The number of aryl methyl sites for hydroxylation is 6.